The van der Waals surface area contributed by atoms with Gasteiger partial charge in [0.1, 0.15) is 11.6 Å². The number of hydrogen-bond acceptors (Lipinski definition) is 2. The van der Waals surface area contributed by atoms with Gasteiger partial charge in [0.15, 0.2) is 6.10 Å². The molecular formula is C12H9FO3. The van der Waals surface area contributed by atoms with Crippen LogP contribution in [0.4, 0.5) is 4.39 Å². The third kappa shape index (κ3) is 1.72. The van der Waals surface area contributed by atoms with E-state index in [0.29, 0.717) is 24.2 Å². The number of ether oxygens (including phenoxy) is 1. The van der Waals surface area contributed by atoms with Gasteiger partial charge < -0.3 is 9.84 Å². The normalized spacial score (nSPS) is 18.1. The van der Waals surface area contributed by atoms with E-state index in [0.717, 1.165) is 0 Å². The lowest BCUT2D eigenvalue weighted by Gasteiger charge is -2.24. The molecule has 1 aromatic rings. The Kier molecular flexibility index (Phi) is 2.53. The number of aryl methyl sites for hydroxylation is 1. The third-order valence-corrected chi connectivity index (χ3v) is 2.50. The van der Waals surface area contributed by atoms with E-state index in [1.165, 1.54) is 12.1 Å². The van der Waals surface area contributed by atoms with Gasteiger partial charge in [-0.1, -0.05) is 5.92 Å². The Hall–Kier alpha value is -2.02. The highest BCUT2D eigenvalue weighted by molar-refractivity contribution is 5.73. The fraction of sp³-hybridized carbons (Fsp3) is 0.250. The molecular weight excluding hydrogens is 211 g/mol. The summed E-state index contributed by atoms with van der Waals surface area (Å²) in [6.07, 6.45) is 5.11. The number of terminal acetylenes is 1. The van der Waals surface area contributed by atoms with E-state index in [1.54, 1.807) is 0 Å². The van der Waals surface area contributed by atoms with Crippen LogP contribution in [0.25, 0.3) is 0 Å². The van der Waals surface area contributed by atoms with E-state index >= 15 is 0 Å². The fourth-order valence-electron chi connectivity index (χ4n) is 1.74. The summed E-state index contributed by atoms with van der Waals surface area (Å²) in [5.41, 5.74) is 0.895. The molecule has 2 rings (SSSR count). The van der Waals surface area contributed by atoms with Gasteiger partial charge in [-0.3, -0.25) is 0 Å². The van der Waals surface area contributed by atoms with Crippen LogP contribution in [-0.4, -0.2) is 17.2 Å². The van der Waals surface area contributed by atoms with E-state index < -0.39 is 17.9 Å². The second-order valence-corrected chi connectivity index (χ2v) is 3.57. The summed E-state index contributed by atoms with van der Waals surface area (Å²) < 4.78 is 18.4. The van der Waals surface area contributed by atoms with E-state index in [2.05, 4.69) is 5.92 Å². The molecule has 0 spiro atoms. The van der Waals surface area contributed by atoms with Crippen LogP contribution in [0.15, 0.2) is 12.1 Å². The van der Waals surface area contributed by atoms with E-state index in [-0.39, 0.29) is 5.56 Å². The Morgan fingerprint density at radius 3 is 3.00 bits per heavy atom. The van der Waals surface area contributed by atoms with Crippen LogP contribution < -0.4 is 4.74 Å². The van der Waals surface area contributed by atoms with Crippen molar-refractivity contribution >= 4 is 5.97 Å². The Balaban J connectivity index is 2.45. The second kappa shape index (κ2) is 3.86. The van der Waals surface area contributed by atoms with Crippen molar-refractivity contribution in [3.63, 3.8) is 0 Å². The topological polar surface area (TPSA) is 46.5 Å². The summed E-state index contributed by atoms with van der Waals surface area (Å²) in [6, 6.07) is 2.50. The predicted octanol–water partition coefficient (Wildman–Crippen LogP) is 1.59. The van der Waals surface area contributed by atoms with Crippen LogP contribution in [0, 0.1) is 18.2 Å². The largest absolute Gasteiger partial charge is 0.479 e. The zero-order valence-electron chi connectivity index (χ0n) is 8.37. The highest BCUT2D eigenvalue weighted by Gasteiger charge is 2.27. The van der Waals surface area contributed by atoms with Crippen LogP contribution in [0.2, 0.25) is 0 Å². The molecule has 0 aromatic heterocycles. The number of carbonyl (C=O) groups is 1. The first-order valence-corrected chi connectivity index (χ1v) is 4.80. The van der Waals surface area contributed by atoms with Crippen molar-refractivity contribution in [2.75, 3.05) is 0 Å². The first-order chi connectivity index (χ1) is 7.61. The molecule has 0 saturated carbocycles. The molecule has 3 nitrogen and oxygen atoms in total. The number of fused-ring (bicyclic) bond motifs is 1. The summed E-state index contributed by atoms with van der Waals surface area (Å²) in [5.74, 6) is 1.16. The highest BCUT2D eigenvalue weighted by atomic mass is 19.1. The first kappa shape index (κ1) is 10.5. The molecule has 0 radical (unpaired) electrons. The molecule has 0 aliphatic carbocycles. The average Bonchev–Trinajstić information content (AvgIpc) is 2.27. The van der Waals surface area contributed by atoms with Gasteiger partial charge in [-0.05, 0) is 30.5 Å². The molecule has 1 aliphatic rings. The number of hydrogen-bond donors (Lipinski definition) is 1. The van der Waals surface area contributed by atoms with Gasteiger partial charge in [-0.25, -0.2) is 9.18 Å². The van der Waals surface area contributed by atoms with Crippen LogP contribution in [0.5, 0.6) is 5.75 Å². The molecule has 16 heavy (non-hydrogen) atoms. The van der Waals surface area contributed by atoms with Crippen LogP contribution in [0.3, 0.4) is 0 Å². The Morgan fingerprint density at radius 1 is 1.62 bits per heavy atom. The lowest BCUT2D eigenvalue weighted by Crippen LogP contribution is -2.31. The van der Waals surface area contributed by atoms with Crippen LogP contribution in [-0.2, 0) is 11.2 Å². The van der Waals surface area contributed by atoms with Crippen molar-refractivity contribution in [1.29, 1.82) is 0 Å². The molecule has 1 N–H and O–H groups in total. The molecule has 0 saturated heterocycles. The number of benzene rings is 1. The highest BCUT2D eigenvalue weighted by Crippen LogP contribution is 2.32. The van der Waals surface area contributed by atoms with Gasteiger partial charge in [0.2, 0.25) is 0 Å². The molecule has 1 heterocycles. The molecule has 0 fully saturated rings. The zero-order chi connectivity index (χ0) is 11.7. The monoisotopic (exact) mass is 220 g/mol. The van der Waals surface area contributed by atoms with Gasteiger partial charge in [-0.15, -0.1) is 6.42 Å². The van der Waals surface area contributed by atoms with Gasteiger partial charge in [0, 0.05) is 0 Å². The second-order valence-electron chi connectivity index (χ2n) is 3.57. The minimum absolute atomic E-state index is 0.265. The Morgan fingerprint density at radius 2 is 2.38 bits per heavy atom. The fourth-order valence-corrected chi connectivity index (χ4v) is 1.74. The lowest BCUT2D eigenvalue weighted by atomic mass is 9.99. The van der Waals surface area contributed by atoms with Gasteiger partial charge in [-0.2, -0.15) is 0 Å². The van der Waals surface area contributed by atoms with Crippen molar-refractivity contribution < 1.29 is 19.0 Å². The summed E-state index contributed by atoms with van der Waals surface area (Å²) >= 11 is 0. The lowest BCUT2D eigenvalue weighted by molar-refractivity contribution is -0.145. The predicted molar refractivity (Wildman–Crippen MR) is 54.7 cm³/mol. The first-order valence-electron chi connectivity index (χ1n) is 4.80. The number of carboxylic acids is 1. The van der Waals surface area contributed by atoms with Crippen LogP contribution in [0.1, 0.15) is 17.5 Å². The molecule has 4 heteroatoms. The van der Waals surface area contributed by atoms with Gasteiger partial charge in [0.05, 0.1) is 5.56 Å². The maximum atomic E-state index is 13.1. The van der Waals surface area contributed by atoms with Gasteiger partial charge in [0.25, 0.3) is 0 Å². The SMILES string of the molecule is C#Cc1cc(F)cc2c1OC(C(=O)O)CC2. The summed E-state index contributed by atoms with van der Waals surface area (Å²) in [4.78, 5) is 10.8. The minimum Gasteiger partial charge on any atom is -0.479 e. The standard InChI is InChI=1S/C12H9FO3/c1-2-7-5-9(13)6-8-3-4-10(12(14)15)16-11(7)8/h1,5-6,10H,3-4H2,(H,14,15). The van der Waals surface area contributed by atoms with Crippen molar-refractivity contribution in [3.05, 3.63) is 29.1 Å². The molecule has 1 aliphatic heterocycles. The maximum absolute atomic E-state index is 13.1. The summed E-state index contributed by atoms with van der Waals surface area (Å²) in [5, 5.41) is 8.83. The molecule has 1 unspecified atom stereocenters. The van der Waals surface area contributed by atoms with E-state index in [9.17, 15) is 9.18 Å². The summed E-state index contributed by atoms with van der Waals surface area (Å²) in [7, 11) is 0. The molecule has 1 atom stereocenters. The average molecular weight is 220 g/mol. The van der Waals surface area contributed by atoms with Crippen molar-refractivity contribution in [2.24, 2.45) is 0 Å². The molecule has 0 bridgehead atoms. The Labute approximate surface area is 91.8 Å². The third-order valence-electron chi connectivity index (χ3n) is 2.50. The van der Waals surface area contributed by atoms with Crippen LogP contribution >= 0.6 is 0 Å². The number of aliphatic carboxylic acids is 1. The van der Waals surface area contributed by atoms with E-state index in [1.807, 2.05) is 0 Å². The molecule has 0 amide bonds. The quantitative estimate of drug-likeness (QED) is 0.731. The Bertz CT molecular complexity index is 488. The zero-order valence-corrected chi connectivity index (χ0v) is 8.37. The molecule has 82 valence electrons. The number of carboxylic acid groups (broad SMARTS) is 1. The van der Waals surface area contributed by atoms with Crippen molar-refractivity contribution in [3.8, 4) is 18.1 Å². The summed E-state index contributed by atoms with van der Waals surface area (Å²) in [6.45, 7) is 0. The molecule has 1 aromatic carbocycles. The number of halogens is 1. The smallest absolute Gasteiger partial charge is 0.344 e. The van der Waals surface area contributed by atoms with Gasteiger partial charge >= 0.3 is 5.97 Å². The van der Waals surface area contributed by atoms with Crippen molar-refractivity contribution in [2.45, 2.75) is 18.9 Å². The maximum Gasteiger partial charge on any atom is 0.344 e. The minimum atomic E-state index is -1.03. The van der Waals surface area contributed by atoms with E-state index in [4.69, 9.17) is 16.3 Å². The van der Waals surface area contributed by atoms with Crippen molar-refractivity contribution in [1.82, 2.24) is 0 Å². The number of rotatable bonds is 1.